The Hall–Kier alpha value is -2.97. The molecule has 0 bridgehead atoms. The van der Waals surface area contributed by atoms with E-state index in [1.807, 2.05) is 42.0 Å². The molecule has 152 valence electrons. The van der Waals surface area contributed by atoms with Crippen molar-refractivity contribution >= 4 is 15.9 Å². The molecule has 3 rings (SSSR count). The number of imidazole rings is 1. The third kappa shape index (κ3) is 5.10. The van der Waals surface area contributed by atoms with E-state index in [9.17, 15) is 13.2 Å². The summed E-state index contributed by atoms with van der Waals surface area (Å²) in [7, 11) is -3.58. The molecule has 0 aliphatic rings. The van der Waals surface area contributed by atoms with Crippen LogP contribution in [0.5, 0.6) is 0 Å². The van der Waals surface area contributed by atoms with Crippen LogP contribution in [0.25, 0.3) is 5.69 Å². The third-order valence-electron chi connectivity index (χ3n) is 4.36. The van der Waals surface area contributed by atoms with Gasteiger partial charge in [-0.3, -0.25) is 4.79 Å². The van der Waals surface area contributed by atoms with Crippen molar-refractivity contribution < 1.29 is 13.2 Å². The van der Waals surface area contributed by atoms with Crippen LogP contribution in [0.15, 0.2) is 72.1 Å². The van der Waals surface area contributed by atoms with Crippen molar-refractivity contribution in [2.45, 2.75) is 37.8 Å². The SMILES string of the molecule is CC(C)NS(=O)(=O)c1ccc(C(=O)NC(C)c2ccc(-n3ccnc3)cc2)cc1. The zero-order valence-corrected chi connectivity index (χ0v) is 17.3. The van der Waals surface area contributed by atoms with Crippen LogP contribution >= 0.6 is 0 Å². The molecule has 0 fully saturated rings. The van der Waals surface area contributed by atoms with Crippen LogP contribution in [-0.2, 0) is 10.0 Å². The summed E-state index contributed by atoms with van der Waals surface area (Å²) in [6.07, 6.45) is 5.30. The molecule has 7 nitrogen and oxygen atoms in total. The van der Waals surface area contributed by atoms with Gasteiger partial charge in [0.05, 0.1) is 17.3 Å². The molecule has 1 heterocycles. The molecule has 0 spiro atoms. The molecule has 1 unspecified atom stereocenters. The number of hydrogen-bond donors (Lipinski definition) is 2. The van der Waals surface area contributed by atoms with Crippen LogP contribution < -0.4 is 10.0 Å². The fraction of sp³-hybridized carbons (Fsp3) is 0.238. The highest BCUT2D eigenvalue weighted by Gasteiger charge is 2.17. The van der Waals surface area contributed by atoms with E-state index in [1.54, 1.807) is 26.4 Å². The van der Waals surface area contributed by atoms with Crippen LogP contribution in [0.3, 0.4) is 0 Å². The molecule has 1 atom stereocenters. The first kappa shape index (κ1) is 20.8. The van der Waals surface area contributed by atoms with Crippen molar-refractivity contribution in [2.24, 2.45) is 0 Å². The first-order chi connectivity index (χ1) is 13.8. The fourth-order valence-corrected chi connectivity index (χ4v) is 4.13. The summed E-state index contributed by atoms with van der Waals surface area (Å²) in [6, 6.07) is 13.3. The molecule has 2 N–H and O–H groups in total. The maximum absolute atomic E-state index is 12.5. The van der Waals surface area contributed by atoms with Gasteiger partial charge in [0.25, 0.3) is 5.91 Å². The molecule has 0 aliphatic heterocycles. The lowest BCUT2D eigenvalue weighted by Crippen LogP contribution is -2.30. The van der Waals surface area contributed by atoms with E-state index in [1.165, 1.54) is 24.3 Å². The Kier molecular flexibility index (Phi) is 6.14. The number of carbonyl (C=O) groups is 1. The van der Waals surface area contributed by atoms with E-state index in [0.717, 1.165) is 11.3 Å². The number of amides is 1. The van der Waals surface area contributed by atoms with Crippen molar-refractivity contribution in [2.75, 3.05) is 0 Å². The Balaban J connectivity index is 1.66. The Morgan fingerprint density at radius 3 is 2.21 bits per heavy atom. The predicted molar refractivity (Wildman–Crippen MR) is 111 cm³/mol. The average Bonchev–Trinajstić information content (AvgIpc) is 3.22. The summed E-state index contributed by atoms with van der Waals surface area (Å²) >= 11 is 0. The zero-order valence-electron chi connectivity index (χ0n) is 16.5. The van der Waals surface area contributed by atoms with E-state index in [2.05, 4.69) is 15.0 Å². The Labute approximate surface area is 170 Å². The van der Waals surface area contributed by atoms with Gasteiger partial charge in [0.15, 0.2) is 0 Å². The normalized spacial score (nSPS) is 12.7. The number of benzene rings is 2. The number of carbonyl (C=O) groups excluding carboxylic acids is 1. The highest BCUT2D eigenvalue weighted by atomic mass is 32.2. The number of nitrogens with zero attached hydrogens (tertiary/aromatic N) is 2. The lowest BCUT2D eigenvalue weighted by Gasteiger charge is -2.15. The van der Waals surface area contributed by atoms with Crippen molar-refractivity contribution in [3.8, 4) is 5.69 Å². The van der Waals surface area contributed by atoms with Crippen LogP contribution in [-0.4, -0.2) is 29.9 Å². The van der Waals surface area contributed by atoms with Crippen molar-refractivity contribution in [3.05, 3.63) is 78.4 Å². The minimum absolute atomic E-state index is 0.130. The Morgan fingerprint density at radius 1 is 1.00 bits per heavy atom. The maximum atomic E-state index is 12.5. The molecular formula is C21H24N4O3S. The minimum Gasteiger partial charge on any atom is -0.346 e. The van der Waals surface area contributed by atoms with Gasteiger partial charge in [0, 0.05) is 29.7 Å². The minimum atomic E-state index is -3.58. The van der Waals surface area contributed by atoms with Crippen LogP contribution in [0.4, 0.5) is 0 Å². The van der Waals surface area contributed by atoms with Crippen molar-refractivity contribution in [3.63, 3.8) is 0 Å². The van der Waals surface area contributed by atoms with Gasteiger partial charge in [0.1, 0.15) is 0 Å². The number of sulfonamides is 1. The number of nitrogens with one attached hydrogen (secondary N) is 2. The molecule has 0 aliphatic carbocycles. The number of rotatable bonds is 7. The smallest absolute Gasteiger partial charge is 0.251 e. The van der Waals surface area contributed by atoms with Gasteiger partial charge in [-0.15, -0.1) is 0 Å². The molecule has 0 saturated heterocycles. The van der Waals surface area contributed by atoms with Crippen LogP contribution in [0, 0.1) is 0 Å². The first-order valence-electron chi connectivity index (χ1n) is 9.28. The molecule has 2 aromatic carbocycles. The van der Waals surface area contributed by atoms with Crippen LogP contribution in [0.2, 0.25) is 0 Å². The van der Waals surface area contributed by atoms with E-state index in [0.29, 0.717) is 5.56 Å². The summed E-state index contributed by atoms with van der Waals surface area (Å²) in [5, 5.41) is 2.93. The molecule has 0 saturated carbocycles. The third-order valence-corrected chi connectivity index (χ3v) is 6.04. The number of aromatic nitrogens is 2. The Bertz CT molecular complexity index is 1060. The highest BCUT2D eigenvalue weighted by Crippen LogP contribution is 2.17. The van der Waals surface area contributed by atoms with Gasteiger partial charge >= 0.3 is 0 Å². The van der Waals surface area contributed by atoms with Gasteiger partial charge in [-0.1, -0.05) is 12.1 Å². The van der Waals surface area contributed by atoms with Crippen molar-refractivity contribution in [1.29, 1.82) is 0 Å². The second kappa shape index (κ2) is 8.59. The van der Waals surface area contributed by atoms with E-state index in [4.69, 9.17) is 0 Å². The molecule has 1 amide bonds. The summed E-state index contributed by atoms with van der Waals surface area (Å²) in [4.78, 5) is 16.7. The first-order valence-corrected chi connectivity index (χ1v) is 10.8. The van der Waals surface area contributed by atoms with E-state index >= 15 is 0 Å². The largest absolute Gasteiger partial charge is 0.346 e. The predicted octanol–water partition coefficient (Wildman–Crippen LogP) is 3.05. The van der Waals surface area contributed by atoms with Gasteiger partial charge in [-0.2, -0.15) is 0 Å². The maximum Gasteiger partial charge on any atom is 0.251 e. The molecular weight excluding hydrogens is 388 g/mol. The van der Waals surface area contributed by atoms with E-state index < -0.39 is 10.0 Å². The van der Waals surface area contributed by atoms with Crippen molar-refractivity contribution in [1.82, 2.24) is 19.6 Å². The average molecular weight is 413 g/mol. The standard InChI is InChI=1S/C21H24N4O3S/c1-15(2)24-29(27,28)20-10-6-18(7-11-20)21(26)23-16(3)17-4-8-19(9-5-17)25-13-12-22-14-25/h4-16,24H,1-3H3,(H,23,26). The van der Waals surface area contributed by atoms with E-state index in [-0.39, 0.29) is 22.9 Å². The topological polar surface area (TPSA) is 93.1 Å². The summed E-state index contributed by atoms with van der Waals surface area (Å²) < 4.78 is 28.8. The molecule has 29 heavy (non-hydrogen) atoms. The highest BCUT2D eigenvalue weighted by molar-refractivity contribution is 7.89. The summed E-state index contributed by atoms with van der Waals surface area (Å²) in [5.74, 6) is -0.267. The summed E-state index contributed by atoms with van der Waals surface area (Å²) in [5.41, 5.74) is 2.34. The van der Waals surface area contributed by atoms with Gasteiger partial charge < -0.3 is 9.88 Å². The summed E-state index contributed by atoms with van der Waals surface area (Å²) in [6.45, 7) is 5.40. The Morgan fingerprint density at radius 2 is 1.66 bits per heavy atom. The zero-order chi connectivity index (χ0) is 21.0. The monoisotopic (exact) mass is 412 g/mol. The second-order valence-corrected chi connectivity index (χ2v) is 8.77. The van der Waals surface area contributed by atoms with Gasteiger partial charge in [-0.25, -0.2) is 18.1 Å². The molecule has 3 aromatic rings. The van der Waals surface area contributed by atoms with Crippen LogP contribution in [0.1, 0.15) is 42.7 Å². The van der Waals surface area contributed by atoms with Gasteiger partial charge in [0.2, 0.25) is 10.0 Å². The van der Waals surface area contributed by atoms with Gasteiger partial charge in [-0.05, 0) is 62.7 Å². The molecule has 0 radical (unpaired) electrons. The second-order valence-electron chi connectivity index (χ2n) is 7.06. The molecule has 1 aromatic heterocycles. The quantitative estimate of drug-likeness (QED) is 0.624. The molecule has 8 heteroatoms. The lowest BCUT2D eigenvalue weighted by atomic mass is 10.1. The number of hydrogen-bond acceptors (Lipinski definition) is 4. The fourth-order valence-electron chi connectivity index (χ4n) is 2.87. The lowest BCUT2D eigenvalue weighted by molar-refractivity contribution is 0.0940.